The van der Waals surface area contributed by atoms with E-state index in [0.29, 0.717) is 39.1 Å². The third-order valence-electron chi connectivity index (χ3n) is 5.46. The highest BCUT2D eigenvalue weighted by molar-refractivity contribution is 5.93. The number of hydrogen-bond donors (Lipinski definition) is 2. The van der Waals surface area contributed by atoms with Gasteiger partial charge in [-0.1, -0.05) is 48.5 Å². The molecule has 0 saturated carbocycles. The van der Waals surface area contributed by atoms with Crippen LogP contribution < -0.4 is 11.1 Å². The van der Waals surface area contributed by atoms with Gasteiger partial charge in [0.05, 0.1) is 6.54 Å². The molecular formula is C23H32Cl2N4O2. The molecule has 0 aromatic heterocycles. The smallest absolute Gasteiger partial charge is 0.238 e. The Labute approximate surface area is 197 Å². The Morgan fingerprint density at radius 1 is 0.935 bits per heavy atom. The Kier molecular flexibility index (Phi) is 11.0. The molecule has 0 spiro atoms. The lowest BCUT2D eigenvalue weighted by atomic mass is 10.0. The number of para-hydroxylation sites is 1. The van der Waals surface area contributed by atoms with E-state index in [1.807, 2.05) is 67.3 Å². The van der Waals surface area contributed by atoms with Crippen LogP contribution in [-0.2, 0) is 9.59 Å². The van der Waals surface area contributed by atoms with Crippen LogP contribution in [0.5, 0.6) is 0 Å². The van der Waals surface area contributed by atoms with Crippen LogP contribution in [0, 0.1) is 13.8 Å². The van der Waals surface area contributed by atoms with Gasteiger partial charge < -0.3 is 16.0 Å². The van der Waals surface area contributed by atoms with Crippen LogP contribution >= 0.6 is 24.8 Å². The monoisotopic (exact) mass is 466 g/mol. The molecule has 31 heavy (non-hydrogen) atoms. The molecule has 0 radical (unpaired) electrons. The van der Waals surface area contributed by atoms with E-state index in [1.165, 1.54) is 0 Å². The lowest BCUT2D eigenvalue weighted by Crippen LogP contribution is -2.50. The van der Waals surface area contributed by atoms with Gasteiger partial charge in [-0.3, -0.25) is 14.5 Å². The van der Waals surface area contributed by atoms with Gasteiger partial charge in [-0.25, -0.2) is 0 Å². The number of nitrogens with zero attached hydrogens (tertiary/aromatic N) is 2. The van der Waals surface area contributed by atoms with Gasteiger partial charge in [0.25, 0.3) is 0 Å². The first-order chi connectivity index (χ1) is 13.9. The van der Waals surface area contributed by atoms with Crippen molar-refractivity contribution >= 4 is 42.3 Å². The average molecular weight is 467 g/mol. The summed E-state index contributed by atoms with van der Waals surface area (Å²) < 4.78 is 0. The predicted molar refractivity (Wildman–Crippen MR) is 130 cm³/mol. The quantitative estimate of drug-likeness (QED) is 0.684. The van der Waals surface area contributed by atoms with Gasteiger partial charge in [0.1, 0.15) is 0 Å². The minimum absolute atomic E-state index is 0. The number of nitrogens with one attached hydrogen (secondary N) is 1. The van der Waals surface area contributed by atoms with Crippen LogP contribution in [0.25, 0.3) is 0 Å². The van der Waals surface area contributed by atoms with Crippen LogP contribution in [0.4, 0.5) is 5.69 Å². The summed E-state index contributed by atoms with van der Waals surface area (Å²) in [5, 5.41) is 3.03. The summed E-state index contributed by atoms with van der Waals surface area (Å²) >= 11 is 0. The van der Waals surface area contributed by atoms with Crippen molar-refractivity contribution in [3.8, 4) is 0 Å². The molecule has 6 nitrogen and oxygen atoms in total. The number of anilines is 1. The number of carbonyl (C=O) groups excluding carboxylic acids is 2. The standard InChI is InChI=1S/C23H30N4O2.2ClH/c1-17-7-6-8-18(2)23(17)25-21(28)16-26-11-13-27(14-12-26)22(29)15-20(24)19-9-4-3-5-10-19;;/h3-10,20H,11-16,24H2,1-2H3,(H,25,28);2*1H. The summed E-state index contributed by atoms with van der Waals surface area (Å²) in [5.74, 6) is 0.0502. The number of rotatable bonds is 6. The maximum Gasteiger partial charge on any atom is 0.238 e. The van der Waals surface area contributed by atoms with Gasteiger partial charge in [-0.05, 0) is 30.5 Å². The minimum Gasteiger partial charge on any atom is -0.340 e. The number of benzene rings is 2. The summed E-state index contributed by atoms with van der Waals surface area (Å²) in [4.78, 5) is 29.0. The molecule has 170 valence electrons. The van der Waals surface area contributed by atoms with Crippen LogP contribution in [-0.4, -0.2) is 54.3 Å². The van der Waals surface area contributed by atoms with Crippen molar-refractivity contribution in [3.63, 3.8) is 0 Å². The molecule has 1 aliphatic heterocycles. The number of amides is 2. The maximum atomic E-state index is 12.6. The molecule has 2 amide bonds. The zero-order chi connectivity index (χ0) is 20.8. The van der Waals surface area contributed by atoms with E-state index in [4.69, 9.17) is 5.73 Å². The van der Waals surface area contributed by atoms with Gasteiger partial charge >= 0.3 is 0 Å². The van der Waals surface area contributed by atoms with E-state index in [9.17, 15) is 9.59 Å². The fourth-order valence-corrected chi connectivity index (χ4v) is 3.68. The van der Waals surface area contributed by atoms with Crippen molar-refractivity contribution in [3.05, 3.63) is 65.2 Å². The van der Waals surface area contributed by atoms with E-state index in [2.05, 4.69) is 10.2 Å². The van der Waals surface area contributed by atoms with Crippen molar-refractivity contribution in [1.29, 1.82) is 0 Å². The Morgan fingerprint density at radius 3 is 2.10 bits per heavy atom. The molecule has 1 unspecified atom stereocenters. The largest absolute Gasteiger partial charge is 0.340 e. The fraction of sp³-hybridized carbons (Fsp3) is 0.391. The maximum absolute atomic E-state index is 12.6. The SMILES string of the molecule is Cc1cccc(C)c1NC(=O)CN1CCN(C(=O)CC(N)c2ccccc2)CC1.Cl.Cl. The van der Waals surface area contributed by atoms with Gasteiger partial charge in [-0.15, -0.1) is 24.8 Å². The van der Waals surface area contributed by atoms with Gasteiger partial charge in [0.2, 0.25) is 11.8 Å². The van der Waals surface area contributed by atoms with Gasteiger partial charge in [-0.2, -0.15) is 0 Å². The molecule has 1 saturated heterocycles. The average Bonchev–Trinajstić information content (AvgIpc) is 2.72. The number of halogens is 2. The van der Waals surface area contributed by atoms with Crippen LogP contribution in [0.15, 0.2) is 48.5 Å². The van der Waals surface area contributed by atoms with Crippen LogP contribution in [0.2, 0.25) is 0 Å². The second-order valence-electron chi connectivity index (χ2n) is 7.69. The number of aryl methyl sites for hydroxylation is 2. The highest BCUT2D eigenvalue weighted by Gasteiger charge is 2.24. The molecule has 0 aliphatic carbocycles. The summed E-state index contributed by atoms with van der Waals surface area (Å²) in [6, 6.07) is 15.4. The zero-order valence-corrected chi connectivity index (χ0v) is 19.7. The first-order valence-corrected chi connectivity index (χ1v) is 10.1. The lowest BCUT2D eigenvalue weighted by Gasteiger charge is -2.34. The third-order valence-corrected chi connectivity index (χ3v) is 5.46. The van der Waals surface area contributed by atoms with Gasteiger partial charge in [0, 0.05) is 44.3 Å². The van der Waals surface area contributed by atoms with Crippen LogP contribution in [0.1, 0.15) is 29.2 Å². The number of piperazine rings is 1. The van der Waals surface area contributed by atoms with Crippen molar-refractivity contribution in [2.24, 2.45) is 5.73 Å². The molecule has 3 rings (SSSR count). The Bertz CT molecular complexity index is 836. The van der Waals surface area contributed by atoms with E-state index in [0.717, 1.165) is 22.4 Å². The molecule has 3 N–H and O–H groups in total. The van der Waals surface area contributed by atoms with Crippen molar-refractivity contribution in [2.45, 2.75) is 26.3 Å². The summed E-state index contributed by atoms with van der Waals surface area (Å²) in [5.41, 5.74) is 10.2. The summed E-state index contributed by atoms with van der Waals surface area (Å²) in [6.07, 6.45) is 0.303. The Balaban J connectivity index is 0.00000240. The topological polar surface area (TPSA) is 78.7 Å². The number of hydrogen-bond acceptors (Lipinski definition) is 4. The first-order valence-electron chi connectivity index (χ1n) is 10.1. The highest BCUT2D eigenvalue weighted by atomic mass is 35.5. The van der Waals surface area contributed by atoms with E-state index >= 15 is 0 Å². The van der Waals surface area contributed by atoms with E-state index in [-0.39, 0.29) is 42.7 Å². The van der Waals surface area contributed by atoms with Crippen LogP contribution in [0.3, 0.4) is 0 Å². The van der Waals surface area contributed by atoms with E-state index < -0.39 is 0 Å². The van der Waals surface area contributed by atoms with Crippen molar-refractivity contribution in [2.75, 3.05) is 38.0 Å². The first kappa shape index (κ1) is 26.9. The zero-order valence-electron chi connectivity index (χ0n) is 18.0. The van der Waals surface area contributed by atoms with Crippen molar-refractivity contribution < 1.29 is 9.59 Å². The van der Waals surface area contributed by atoms with Gasteiger partial charge in [0.15, 0.2) is 0 Å². The fourth-order valence-electron chi connectivity index (χ4n) is 3.68. The molecule has 2 aromatic rings. The lowest BCUT2D eigenvalue weighted by molar-refractivity contribution is -0.133. The summed E-state index contributed by atoms with van der Waals surface area (Å²) in [7, 11) is 0. The molecule has 1 atom stereocenters. The molecular weight excluding hydrogens is 435 g/mol. The van der Waals surface area contributed by atoms with E-state index in [1.54, 1.807) is 0 Å². The highest BCUT2D eigenvalue weighted by Crippen LogP contribution is 2.19. The molecule has 0 bridgehead atoms. The third kappa shape index (κ3) is 7.51. The number of carbonyl (C=O) groups is 2. The molecule has 1 aliphatic rings. The molecule has 1 heterocycles. The van der Waals surface area contributed by atoms with Crippen molar-refractivity contribution in [1.82, 2.24) is 9.80 Å². The normalized spacial score (nSPS) is 14.7. The number of nitrogens with two attached hydrogens (primary N) is 1. The second kappa shape index (κ2) is 12.7. The second-order valence-corrected chi connectivity index (χ2v) is 7.69. The Hall–Kier alpha value is -2.12. The summed E-state index contributed by atoms with van der Waals surface area (Å²) in [6.45, 7) is 6.94. The molecule has 2 aromatic carbocycles. The molecule has 1 fully saturated rings. The Morgan fingerprint density at radius 2 is 1.52 bits per heavy atom. The molecule has 8 heteroatoms. The minimum atomic E-state index is -0.287. The predicted octanol–water partition coefficient (Wildman–Crippen LogP) is 3.32.